The Bertz CT molecular complexity index is 9740. The lowest BCUT2D eigenvalue weighted by Crippen LogP contribution is -2.11. The zero-order chi connectivity index (χ0) is 98.2. The van der Waals surface area contributed by atoms with Gasteiger partial charge in [-0.3, -0.25) is 0 Å². The molecule has 28 rings (SSSR count). The zero-order valence-electron chi connectivity index (χ0n) is 80.9. The number of benzene rings is 25. The summed E-state index contributed by atoms with van der Waals surface area (Å²) in [6.07, 6.45) is 0. The third-order valence-corrected chi connectivity index (χ3v) is 32.4. The summed E-state index contributed by atoms with van der Waals surface area (Å²) in [5, 5.41) is 17.7. The standard InChI is InChI=1S/C50H33NS.2C46H31NS/c1-2-11-34(12-3-1)36-23-27-41(28-24-36)51(42-29-25-38(26-30-42)45-19-10-16-37-14-6-7-17-44(37)45)43-32-47(40-22-21-35-13-4-5-15-39(35)31-40)50-48(33-43)46-18-8-9-20-49(46)52-50;1-3-13-32(14-4-1)34-25-27-38(28-26-34)47(44-21-11-9-19-40(44)35-16-5-2-6-17-35)39-30-42(37-24-23-33-15-7-8-18-36(33)29-37)46-43(31-39)41-20-10-12-22-45(41)48-46;1-3-11-32(12-4-1)34-19-21-35(22-20-34)36-25-27-40(28-26-36)47(39-15-5-2-6-16-39)41-30-43(38-24-23-33-13-7-8-14-37(33)29-38)46-44(31-41)42-17-9-10-18-45(42)48-46/h1-33H;2*1-31H. The van der Waals surface area contributed by atoms with Crippen LogP contribution >= 0.6 is 34.0 Å². The molecule has 0 amide bonds. The van der Waals surface area contributed by atoms with Crippen molar-refractivity contribution in [1.29, 1.82) is 0 Å². The van der Waals surface area contributed by atoms with Crippen LogP contribution in [0.5, 0.6) is 0 Å². The van der Waals surface area contributed by atoms with Crippen LogP contribution in [0, 0.1) is 0 Å². The first-order chi connectivity index (χ1) is 73.3. The van der Waals surface area contributed by atoms with Gasteiger partial charge in [-0.15, -0.1) is 34.0 Å². The first-order valence-corrected chi connectivity index (χ1v) is 52.9. The second-order valence-corrected chi connectivity index (χ2v) is 40.9. The summed E-state index contributed by atoms with van der Waals surface area (Å²) in [4.78, 5) is 7.24. The fraction of sp³-hybridized carbons (Fsp3) is 0. The average Bonchev–Trinajstić information content (AvgIpc) is 1.55. The van der Waals surface area contributed by atoms with Crippen molar-refractivity contribution >= 4 is 189 Å². The van der Waals surface area contributed by atoms with Crippen LogP contribution in [0.1, 0.15) is 0 Å². The summed E-state index contributed by atoms with van der Waals surface area (Å²) in [7, 11) is 0. The summed E-state index contributed by atoms with van der Waals surface area (Å²) < 4.78 is 7.85. The molecule has 0 aliphatic rings. The second kappa shape index (κ2) is 39.7. The van der Waals surface area contributed by atoms with Gasteiger partial charge in [-0.05, 0) is 261 Å². The van der Waals surface area contributed by atoms with Gasteiger partial charge in [0.25, 0.3) is 0 Å². The van der Waals surface area contributed by atoms with E-state index in [4.69, 9.17) is 0 Å². The summed E-state index contributed by atoms with van der Waals surface area (Å²) in [6.45, 7) is 0. The van der Waals surface area contributed by atoms with E-state index in [2.05, 4.69) is 591 Å². The Morgan fingerprint density at radius 1 is 0.115 bits per heavy atom. The molecule has 28 aromatic rings. The molecule has 0 spiro atoms. The van der Waals surface area contributed by atoms with Crippen LogP contribution in [0.15, 0.2) is 576 Å². The van der Waals surface area contributed by atoms with Crippen molar-refractivity contribution in [2.24, 2.45) is 0 Å². The maximum atomic E-state index is 2.44. The van der Waals surface area contributed by atoms with Crippen LogP contribution in [-0.4, -0.2) is 0 Å². The van der Waals surface area contributed by atoms with Gasteiger partial charge in [-0.2, -0.15) is 0 Å². The summed E-state index contributed by atoms with van der Waals surface area (Å²) >= 11 is 5.64. The molecule has 0 bridgehead atoms. The van der Waals surface area contributed by atoms with Gasteiger partial charge in [0.15, 0.2) is 0 Å². The maximum absolute atomic E-state index is 2.44. The Balaban J connectivity index is 0.000000112. The van der Waals surface area contributed by atoms with E-state index in [1.165, 1.54) is 204 Å². The minimum absolute atomic E-state index is 1.11. The Hall–Kier alpha value is -18.4. The Kier molecular flexibility index (Phi) is 24.1. The van der Waals surface area contributed by atoms with Crippen molar-refractivity contribution in [3.05, 3.63) is 576 Å². The average molecular weight is 1940 g/mol. The highest BCUT2D eigenvalue weighted by Gasteiger charge is 2.26. The predicted octanol–water partition coefficient (Wildman–Crippen LogP) is 42.2. The van der Waals surface area contributed by atoms with Crippen LogP contribution in [-0.2, 0) is 0 Å². The molecular formula is C142H95N3S3. The quantitative estimate of drug-likeness (QED) is 0.0848. The number of anilines is 9. The van der Waals surface area contributed by atoms with Crippen LogP contribution in [0.4, 0.5) is 51.2 Å². The van der Waals surface area contributed by atoms with Gasteiger partial charge in [0.1, 0.15) is 0 Å². The molecule has 0 fully saturated rings. The highest BCUT2D eigenvalue weighted by molar-refractivity contribution is 7.27. The molecule has 0 saturated heterocycles. The Morgan fingerprint density at radius 3 is 0.736 bits per heavy atom. The molecule has 0 saturated carbocycles. The molecule has 6 heteroatoms. The van der Waals surface area contributed by atoms with Crippen LogP contribution in [0.25, 0.3) is 204 Å². The first kappa shape index (κ1) is 89.7. The molecule has 0 atom stereocenters. The predicted molar refractivity (Wildman–Crippen MR) is 641 cm³/mol. The van der Waals surface area contributed by atoms with Crippen LogP contribution < -0.4 is 14.7 Å². The van der Waals surface area contributed by atoms with Gasteiger partial charge >= 0.3 is 0 Å². The van der Waals surface area contributed by atoms with Gasteiger partial charge in [0.2, 0.25) is 0 Å². The van der Waals surface area contributed by atoms with Crippen molar-refractivity contribution in [3.63, 3.8) is 0 Å². The number of para-hydroxylation sites is 2. The van der Waals surface area contributed by atoms with Crippen molar-refractivity contribution in [2.45, 2.75) is 0 Å². The summed E-state index contributed by atoms with van der Waals surface area (Å²) in [6, 6.07) is 209. The van der Waals surface area contributed by atoms with Gasteiger partial charge in [0, 0.05) is 128 Å². The number of hydrogen-bond acceptors (Lipinski definition) is 6. The molecule has 3 nitrogen and oxygen atoms in total. The van der Waals surface area contributed by atoms with Crippen LogP contribution in [0.2, 0.25) is 0 Å². The zero-order valence-corrected chi connectivity index (χ0v) is 83.4. The van der Waals surface area contributed by atoms with E-state index in [0.717, 1.165) is 51.2 Å². The molecule has 148 heavy (non-hydrogen) atoms. The van der Waals surface area contributed by atoms with E-state index in [0.29, 0.717) is 0 Å². The maximum Gasteiger partial charge on any atom is 0.0540 e. The molecule has 0 unspecified atom stereocenters. The summed E-state index contributed by atoms with van der Waals surface area (Å²) in [5.74, 6) is 0. The van der Waals surface area contributed by atoms with E-state index in [9.17, 15) is 0 Å². The molecule has 0 N–H and O–H groups in total. The minimum atomic E-state index is 1.11. The lowest BCUT2D eigenvalue weighted by atomic mass is 9.97. The fourth-order valence-corrected chi connectivity index (χ4v) is 25.0. The number of thiophene rings is 3. The third kappa shape index (κ3) is 17.6. The largest absolute Gasteiger partial charge is 0.310 e. The van der Waals surface area contributed by atoms with E-state index < -0.39 is 0 Å². The lowest BCUT2D eigenvalue weighted by molar-refractivity contribution is 1.29. The van der Waals surface area contributed by atoms with Gasteiger partial charge < -0.3 is 14.7 Å². The molecule has 3 heterocycles. The molecule has 696 valence electrons. The van der Waals surface area contributed by atoms with Gasteiger partial charge in [0.05, 0.1) is 5.69 Å². The monoisotopic (exact) mass is 1940 g/mol. The number of fused-ring (bicyclic) bond motifs is 13. The highest BCUT2D eigenvalue weighted by Crippen LogP contribution is 2.53. The normalized spacial score (nSPS) is 11.4. The smallest absolute Gasteiger partial charge is 0.0540 e. The topological polar surface area (TPSA) is 9.72 Å². The van der Waals surface area contributed by atoms with E-state index in [1.54, 1.807) is 0 Å². The lowest BCUT2D eigenvalue weighted by Gasteiger charge is -2.29. The van der Waals surface area contributed by atoms with Crippen molar-refractivity contribution < 1.29 is 0 Å². The highest BCUT2D eigenvalue weighted by atomic mass is 32.1. The summed E-state index contributed by atoms with van der Waals surface area (Å²) in [5.41, 5.74) is 32.1. The van der Waals surface area contributed by atoms with E-state index in [-0.39, 0.29) is 0 Å². The van der Waals surface area contributed by atoms with E-state index >= 15 is 0 Å². The fourth-order valence-electron chi connectivity index (χ4n) is 21.4. The van der Waals surface area contributed by atoms with Gasteiger partial charge in [-0.25, -0.2) is 0 Å². The molecule has 3 aromatic heterocycles. The third-order valence-electron chi connectivity index (χ3n) is 28.7. The molecule has 0 aliphatic heterocycles. The van der Waals surface area contributed by atoms with Crippen molar-refractivity contribution in [2.75, 3.05) is 14.7 Å². The first-order valence-electron chi connectivity index (χ1n) is 50.4. The van der Waals surface area contributed by atoms with E-state index in [1.807, 2.05) is 34.0 Å². The number of hydrogen-bond donors (Lipinski definition) is 0. The van der Waals surface area contributed by atoms with Gasteiger partial charge in [-0.1, -0.05) is 437 Å². The molecule has 0 radical (unpaired) electrons. The minimum Gasteiger partial charge on any atom is -0.310 e. The molecular weight excluding hydrogens is 1840 g/mol. The van der Waals surface area contributed by atoms with Crippen LogP contribution in [0.3, 0.4) is 0 Å². The number of nitrogens with zero attached hydrogens (tertiary/aromatic N) is 3. The SMILES string of the molecule is c1ccc(-c2ccc(-c3ccc(N(c4ccccc4)c4cc(-c5ccc6ccccc6c5)c5sc6ccccc6c5c4)cc3)cc2)cc1.c1ccc(-c2ccc(N(c3cc(-c4ccc5ccccc5c4)c4sc5ccccc5c4c3)c3ccccc3-c3ccccc3)cc2)cc1.c1ccc(-c2ccc(N(c3ccc(-c4cccc5ccccc45)cc3)c3cc(-c4ccc5ccccc5c4)c4sc5ccccc5c4c3)cc2)cc1. The second-order valence-electron chi connectivity index (χ2n) is 37.7. The van der Waals surface area contributed by atoms with Crippen molar-refractivity contribution in [1.82, 2.24) is 0 Å². The Labute approximate surface area is 872 Å². The number of rotatable bonds is 18. The molecule has 0 aliphatic carbocycles. The molecule has 25 aromatic carbocycles. The van der Waals surface area contributed by atoms with Crippen molar-refractivity contribution in [3.8, 4) is 100 Å². The Morgan fingerprint density at radius 2 is 0.358 bits per heavy atom.